The normalized spacial score (nSPS) is 22.3. The number of nitrogens with one attached hydrogen (secondary N) is 1. The van der Waals surface area contributed by atoms with Crippen molar-refractivity contribution in [3.63, 3.8) is 0 Å². The molecule has 0 bridgehead atoms. The molecule has 27 heavy (non-hydrogen) atoms. The van der Waals surface area contributed by atoms with Crippen LogP contribution < -0.4 is 4.90 Å². The minimum Gasteiger partial charge on any atom is -0.329 e. The molecule has 1 saturated heterocycles. The Morgan fingerprint density at radius 2 is 1.96 bits per heavy atom. The number of hydrogen-bond acceptors (Lipinski definition) is 6. The topological polar surface area (TPSA) is 56.0 Å². The Morgan fingerprint density at radius 1 is 1.15 bits per heavy atom. The van der Waals surface area contributed by atoms with Crippen LogP contribution in [0.25, 0.3) is 10.2 Å². The zero-order chi connectivity index (χ0) is 18.2. The molecule has 5 rings (SSSR count). The second-order valence-corrected chi connectivity index (χ2v) is 9.76. The summed E-state index contributed by atoms with van der Waals surface area (Å²) in [6.07, 6.45) is 9.80. The number of thiophene rings is 1. The Hall–Kier alpha value is -1.57. The van der Waals surface area contributed by atoms with E-state index in [9.17, 15) is 0 Å². The molecule has 0 aromatic carbocycles. The lowest BCUT2D eigenvalue weighted by Gasteiger charge is -2.26. The van der Waals surface area contributed by atoms with E-state index in [0.29, 0.717) is 0 Å². The van der Waals surface area contributed by atoms with E-state index in [1.807, 2.05) is 17.4 Å². The van der Waals surface area contributed by atoms with Crippen LogP contribution in [-0.4, -0.2) is 33.0 Å². The Bertz CT molecular complexity index is 948. The zero-order valence-electron chi connectivity index (χ0n) is 15.6. The second kappa shape index (κ2) is 7.45. The Balaban J connectivity index is 1.51. The van der Waals surface area contributed by atoms with Gasteiger partial charge in [-0.15, -0.1) is 11.3 Å². The summed E-state index contributed by atoms with van der Waals surface area (Å²) in [6, 6.07) is 1.86. The summed E-state index contributed by atoms with van der Waals surface area (Å²) in [7, 11) is 0. The molecule has 0 unspecified atom stereocenters. The maximum absolute atomic E-state index is 5.02. The first-order valence-electron chi connectivity index (χ1n) is 9.86. The molecule has 0 amide bonds. The lowest BCUT2D eigenvalue weighted by molar-refractivity contribution is -0.920. The van der Waals surface area contributed by atoms with E-state index < -0.39 is 0 Å². The van der Waals surface area contributed by atoms with Gasteiger partial charge in [0.05, 0.1) is 13.1 Å². The van der Waals surface area contributed by atoms with Crippen molar-refractivity contribution in [3.8, 4) is 0 Å². The number of hydrogen-bond donors (Lipinski definition) is 1. The average molecular weight is 399 g/mol. The van der Waals surface area contributed by atoms with Gasteiger partial charge in [-0.05, 0) is 61.4 Å². The van der Waals surface area contributed by atoms with Crippen LogP contribution in [0.15, 0.2) is 28.6 Å². The first kappa shape index (κ1) is 17.5. The quantitative estimate of drug-likeness (QED) is 0.541. The van der Waals surface area contributed by atoms with E-state index in [-0.39, 0.29) is 0 Å². The molecule has 7 heteroatoms. The molecular weight excluding hydrogens is 374 g/mol. The van der Waals surface area contributed by atoms with Gasteiger partial charge in [0.15, 0.2) is 11.0 Å². The van der Waals surface area contributed by atoms with Crippen LogP contribution in [0.4, 0.5) is 0 Å². The maximum Gasteiger partial charge on any atom is 0.193 e. The number of nitrogens with zero attached hydrogens (tertiary/aromatic N) is 4. The Labute approximate surface area is 167 Å². The van der Waals surface area contributed by atoms with Crippen molar-refractivity contribution < 1.29 is 4.90 Å². The van der Waals surface area contributed by atoms with Gasteiger partial charge in [-0.1, -0.05) is 6.92 Å². The van der Waals surface area contributed by atoms with Crippen molar-refractivity contribution >= 4 is 33.3 Å². The molecule has 0 atom stereocenters. The molecule has 3 aromatic rings. The Morgan fingerprint density at radius 3 is 2.78 bits per heavy atom. The highest BCUT2D eigenvalue weighted by molar-refractivity contribution is 7.99. The lowest BCUT2D eigenvalue weighted by atomic mass is 9.99. The van der Waals surface area contributed by atoms with Crippen molar-refractivity contribution in [2.45, 2.75) is 55.8 Å². The van der Waals surface area contributed by atoms with E-state index >= 15 is 0 Å². The molecule has 3 aromatic heterocycles. The van der Waals surface area contributed by atoms with E-state index in [2.05, 4.69) is 16.9 Å². The highest BCUT2D eigenvalue weighted by Gasteiger charge is 2.25. The van der Waals surface area contributed by atoms with E-state index in [1.54, 1.807) is 29.1 Å². The van der Waals surface area contributed by atoms with E-state index in [1.165, 1.54) is 54.6 Å². The predicted octanol–water partition coefficient (Wildman–Crippen LogP) is 2.94. The van der Waals surface area contributed by atoms with Gasteiger partial charge < -0.3 is 4.90 Å². The van der Waals surface area contributed by atoms with Crippen molar-refractivity contribution in [1.82, 2.24) is 19.9 Å². The fourth-order valence-corrected chi connectivity index (χ4v) is 6.37. The Kier molecular flexibility index (Phi) is 4.83. The highest BCUT2D eigenvalue weighted by Crippen LogP contribution is 2.41. The summed E-state index contributed by atoms with van der Waals surface area (Å²) in [6.45, 7) is 5.75. The van der Waals surface area contributed by atoms with Gasteiger partial charge in [0, 0.05) is 22.7 Å². The van der Waals surface area contributed by atoms with Gasteiger partial charge in [-0.25, -0.2) is 19.9 Å². The third kappa shape index (κ3) is 3.60. The molecule has 1 aliphatic heterocycles. The number of fused-ring (bicyclic) bond motifs is 3. The first-order valence-corrected chi connectivity index (χ1v) is 11.5. The second-order valence-electron chi connectivity index (χ2n) is 7.73. The summed E-state index contributed by atoms with van der Waals surface area (Å²) in [5.41, 5.74) is 1.47. The van der Waals surface area contributed by atoms with Crippen molar-refractivity contribution in [2.24, 2.45) is 5.92 Å². The van der Waals surface area contributed by atoms with Gasteiger partial charge in [-0.2, -0.15) is 0 Å². The fourth-order valence-electron chi connectivity index (χ4n) is 4.15. The number of likely N-dealkylation sites (tertiary alicyclic amines) is 1. The molecule has 1 aliphatic carbocycles. The average Bonchev–Trinajstić information content (AvgIpc) is 3.25. The van der Waals surface area contributed by atoms with Crippen LogP contribution in [0.3, 0.4) is 0 Å². The number of aromatic nitrogens is 4. The summed E-state index contributed by atoms with van der Waals surface area (Å²) in [5, 5.41) is 3.07. The largest absolute Gasteiger partial charge is 0.329 e. The lowest BCUT2D eigenvalue weighted by Crippen LogP contribution is -3.11. The third-order valence-corrected chi connectivity index (χ3v) is 7.77. The van der Waals surface area contributed by atoms with Gasteiger partial charge in [0.25, 0.3) is 0 Å². The van der Waals surface area contributed by atoms with Crippen molar-refractivity contribution in [2.75, 3.05) is 13.1 Å². The van der Waals surface area contributed by atoms with Crippen molar-refractivity contribution in [3.05, 3.63) is 34.7 Å². The van der Waals surface area contributed by atoms with Gasteiger partial charge in [0.2, 0.25) is 0 Å². The van der Waals surface area contributed by atoms with Crippen LogP contribution in [-0.2, 0) is 19.4 Å². The first-order chi connectivity index (χ1) is 13.3. The maximum atomic E-state index is 5.02. The third-order valence-electron chi connectivity index (χ3n) is 5.70. The molecule has 5 nitrogen and oxygen atoms in total. The standard InChI is InChI=1S/C20H23N5S2/c1-13-6-10-25(11-7-13)12-16-23-18-17(14-4-2-5-15(14)26-18)19(24-16)27-20-21-8-3-9-22-20/h3,8-9,13H,2,4-7,10-12H2,1H3/p+1. The molecule has 0 saturated carbocycles. The SMILES string of the molecule is CC1CC[NH+](Cc2nc(Sc3ncccn3)c3c4c(sc3n2)CCC4)CC1. The molecule has 1 N–H and O–H groups in total. The molecule has 4 heterocycles. The van der Waals surface area contributed by atoms with Crippen molar-refractivity contribution in [1.29, 1.82) is 0 Å². The molecular formula is C20H24N5S2+. The summed E-state index contributed by atoms with van der Waals surface area (Å²) in [5.74, 6) is 1.84. The van der Waals surface area contributed by atoms with E-state index in [4.69, 9.17) is 9.97 Å². The van der Waals surface area contributed by atoms with Crippen LogP contribution in [0.5, 0.6) is 0 Å². The van der Waals surface area contributed by atoms with Gasteiger partial charge in [0.1, 0.15) is 16.4 Å². The van der Waals surface area contributed by atoms with Gasteiger partial charge in [-0.3, -0.25) is 0 Å². The molecule has 140 valence electrons. The zero-order valence-corrected chi connectivity index (χ0v) is 17.2. The van der Waals surface area contributed by atoms with Crippen LogP contribution in [0.2, 0.25) is 0 Å². The molecule has 0 spiro atoms. The summed E-state index contributed by atoms with van der Waals surface area (Å²) >= 11 is 3.46. The minimum absolute atomic E-state index is 0.764. The number of aryl methyl sites for hydroxylation is 2. The summed E-state index contributed by atoms with van der Waals surface area (Å²) < 4.78 is 0. The number of quaternary nitrogens is 1. The van der Waals surface area contributed by atoms with Crippen LogP contribution in [0, 0.1) is 5.92 Å². The summed E-state index contributed by atoms with van der Waals surface area (Å²) in [4.78, 5) is 23.1. The fraction of sp³-hybridized carbons (Fsp3) is 0.500. The van der Waals surface area contributed by atoms with E-state index in [0.717, 1.165) is 39.7 Å². The minimum atomic E-state index is 0.764. The smallest absolute Gasteiger partial charge is 0.193 e. The molecule has 1 fully saturated rings. The van der Waals surface area contributed by atoms with Crippen LogP contribution in [0.1, 0.15) is 42.5 Å². The molecule has 0 radical (unpaired) electrons. The molecule has 2 aliphatic rings. The monoisotopic (exact) mass is 398 g/mol. The predicted molar refractivity (Wildman–Crippen MR) is 108 cm³/mol. The highest BCUT2D eigenvalue weighted by atomic mass is 32.2. The number of piperidine rings is 1. The van der Waals surface area contributed by atoms with Gasteiger partial charge >= 0.3 is 0 Å². The van der Waals surface area contributed by atoms with Crippen LogP contribution >= 0.6 is 23.1 Å². The number of rotatable bonds is 4.